The quantitative estimate of drug-likeness (QED) is 0.655. The molecule has 1 amide bonds. The molecule has 2 aromatic rings. The Morgan fingerprint density at radius 3 is 2.48 bits per heavy atom. The maximum absolute atomic E-state index is 13.3. The average Bonchev–Trinajstić information content (AvgIpc) is 2.67. The van der Waals surface area contributed by atoms with Crippen LogP contribution >= 0.6 is 15.9 Å². The molecular formula is C21H23BrFNO4S. The summed E-state index contributed by atoms with van der Waals surface area (Å²) < 4.78 is 44.4. The normalized spacial score (nSPS) is 16.3. The van der Waals surface area contributed by atoms with E-state index in [9.17, 15) is 17.6 Å². The highest BCUT2D eigenvalue weighted by Crippen LogP contribution is 2.34. The molecule has 29 heavy (non-hydrogen) atoms. The lowest BCUT2D eigenvalue weighted by atomic mass is 9.74. The van der Waals surface area contributed by atoms with Crippen molar-refractivity contribution in [2.45, 2.75) is 24.0 Å². The summed E-state index contributed by atoms with van der Waals surface area (Å²) in [5.41, 5.74) is 1.15. The van der Waals surface area contributed by atoms with E-state index in [0.29, 0.717) is 31.6 Å². The zero-order chi connectivity index (χ0) is 20.9. The summed E-state index contributed by atoms with van der Waals surface area (Å²) in [7, 11) is -3.60. The first-order chi connectivity index (χ1) is 13.8. The molecule has 1 fully saturated rings. The van der Waals surface area contributed by atoms with Crippen molar-refractivity contribution in [3.8, 4) is 0 Å². The van der Waals surface area contributed by atoms with Crippen LogP contribution in [0.2, 0.25) is 0 Å². The Labute approximate surface area is 178 Å². The number of sulfone groups is 1. The van der Waals surface area contributed by atoms with Crippen molar-refractivity contribution in [2.24, 2.45) is 0 Å². The first-order valence-electron chi connectivity index (χ1n) is 9.33. The molecule has 0 atom stereocenters. The second kappa shape index (κ2) is 9.36. The third kappa shape index (κ3) is 6.10. The molecule has 1 saturated heterocycles. The van der Waals surface area contributed by atoms with E-state index in [0.717, 1.165) is 10.0 Å². The molecule has 0 aromatic heterocycles. The highest BCUT2D eigenvalue weighted by molar-refractivity contribution is 9.10. The van der Waals surface area contributed by atoms with Crippen molar-refractivity contribution in [2.75, 3.05) is 25.5 Å². The fourth-order valence-electron chi connectivity index (χ4n) is 3.58. The Bertz CT molecular complexity index is 957. The molecule has 0 unspecified atom stereocenters. The van der Waals surface area contributed by atoms with Crippen LogP contribution in [0.5, 0.6) is 0 Å². The zero-order valence-electron chi connectivity index (χ0n) is 15.9. The molecule has 2 aromatic carbocycles. The Kier molecular flexibility index (Phi) is 7.08. The first-order valence-corrected chi connectivity index (χ1v) is 11.9. The van der Waals surface area contributed by atoms with E-state index >= 15 is 0 Å². The number of nitrogens with one attached hydrogen (secondary N) is 1. The van der Waals surface area contributed by atoms with E-state index in [1.165, 1.54) is 12.1 Å². The van der Waals surface area contributed by atoms with Gasteiger partial charge in [-0.15, -0.1) is 0 Å². The average molecular weight is 484 g/mol. The first kappa shape index (κ1) is 21.9. The largest absolute Gasteiger partial charge is 0.381 e. The second-order valence-electron chi connectivity index (χ2n) is 7.34. The number of carbonyl (C=O) groups is 1. The van der Waals surface area contributed by atoms with Crippen LogP contribution < -0.4 is 5.32 Å². The van der Waals surface area contributed by atoms with Gasteiger partial charge in [-0.2, -0.15) is 0 Å². The third-order valence-corrected chi connectivity index (χ3v) is 7.13. The summed E-state index contributed by atoms with van der Waals surface area (Å²) in [4.78, 5) is 12.4. The van der Waals surface area contributed by atoms with Gasteiger partial charge in [0.2, 0.25) is 5.91 Å². The predicted molar refractivity (Wildman–Crippen MR) is 113 cm³/mol. The minimum Gasteiger partial charge on any atom is -0.381 e. The van der Waals surface area contributed by atoms with Crippen molar-refractivity contribution in [3.63, 3.8) is 0 Å². The summed E-state index contributed by atoms with van der Waals surface area (Å²) in [6.45, 7) is 1.36. The van der Waals surface area contributed by atoms with Crippen LogP contribution in [-0.2, 0) is 30.5 Å². The van der Waals surface area contributed by atoms with Crippen molar-refractivity contribution < 1.29 is 22.3 Å². The van der Waals surface area contributed by atoms with E-state index in [1.807, 2.05) is 6.07 Å². The number of rotatable bonds is 7. The number of ether oxygens (including phenoxy) is 1. The van der Waals surface area contributed by atoms with Crippen LogP contribution in [-0.4, -0.2) is 39.8 Å². The van der Waals surface area contributed by atoms with Gasteiger partial charge in [0.1, 0.15) is 11.6 Å². The summed E-state index contributed by atoms with van der Waals surface area (Å²) in [6, 6.07) is 13.2. The lowest BCUT2D eigenvalue weighted by Gasteiger charge is -2.38. The molecule has 0 saturated carbocycles. The Balaban J connectivity index is 1.64. The van der Waals surface area contributed by atoms with Gasteiger partial charge in [-0.3, -0.25) is 4.79 Å². The highest BCUT2D eigenvalue weighted by atomic mass is 79.9. The number of benzene rings is 2. The third-order valence-electron chi connectivity index (χ3n) is 5.16. The van der Waals surface area contributed by atoms with Crippen LogP contribution in [0.15, 0.2) is 53.0 Å². The van der Waals surface area contributed by atoms with E-state index in [2.05, 4.69) is 21.2 Å². The van der Waals surface area contributed by atoms with Gasteiger partial charge < -0.3 is 10.1 Å². The van der Waals surface area contributed by atoms with Crippen LogP contribution in [0.3, 0.4) is 0 Å². The number of hydrogen-bond acceptors (Lipinski definition) is 4. The van der Waals surface area contributed by atoms with Gasteiger partial charge in [0.15, 0.2) is 9.84 Å². The van der Waals surface area contributed by atoms with Crippen LogP contribution in [0.4, 0.5) is 4.39 Å². The Morgan fingerprint density at radius 2 is 1.83 bits per heavy atom. The molecule has 1 aliphatic heterocycles. The molecular weight excluding hydrogens is 461 g/mol. The standard InChI is InChI=1S/C21H23BrFNO4S/c22-18-3-1-2-16(12-18)13-29(26,27)14-20(25)24-15-21(8-10-28-11-9-21)17-4-6-19(23)7-5-17/h1-7,12H,8-11,13-15H2,(H,24,25). The van der Waals surface area contributed by atoms with Crippen molar-refractivity contribution in [1.29, 1.82) is 0 Å². The van der Waals surface area contributed by atoms with Gasteiger partial charge in [-0.05, 0) is 48.2 Å². The van der Waals surface area contributed by atoms with Crippen molar-refractivity contribution in [3.05, 3.63) is 69.9 Å². The summed E-state index contributed by atoms with van der Waals surface area (Å²) in [5, 5.41) is 2.78. The molecule has 0 bridgehead atoms. The van der Waals surface area contributed by atoms with Crippen LogP contribution in [0.1, 0.15) is 24.0 Å². The SMILES string of the molecule is O=C(CS(=O)(=O)Cc1cccc(Br)c1)NCC1(c2ccc(F)cc2)CCOCC1. The van der Waals surface area contributed by atoms with E-state index in [4.69, 9.17) is 4.74 Å². The Morgan fingerprint density at radius 1 is 1.14 bits per heavy atom. The number of carbonyl (C=O) groups excluding carboxylic acids is 1. The van der Waals surface area contributed by atoms with Gasteiger partial charge in [0.05, 0.1) is 5.75 Å². The number of halogens is 2. The van der Waals surface area contributed by atoms with Gasteiger partial charge in [-0.25, -0.2) is 12.8 Å². The van der Waals surface area contributed by atoms with Crippen molar-refractivity contribution in [1.82, 2.24) is 5.32 Å². The maximum Gasteiger partial charge on any atom is 0.235 e. The lowest BCUT2D eigenvalue weighted by molar-refractivity contribution is -0.119. The van der Waals surface area contributed by atoms with Crippen molar-refractivity contribution >= 4 is 31.7 Å². The van der Waals surface area contributed by atoms with E-state index in [1.54, 1.807) is 30.3 Å². The predicted octanol–water partition coefficient (Wildman–Crippen LogP) is 3.37. The molecule has 1 aliphatic rings. The van der Waals surface area contributed by atoms with E-state index in [-0.39, 0.29) is 18.1 Å². The summed E-state index contributed by atoms with van der Waals surface area (Å²) >= 11 is 3.31. The molecule has 3 rings (SSSR count). The maximum atomic E-state index is 13.3. The smallest absolute Gasteiger partial charge is 0.235 e. The molecule has 0 aliphatic carbocycles. The zero-order valence-corrected chi connectivity index (χ0v) is 18.3. The summed E-state index contributed by atoms with van der Waals surface area (Å²) in [5.74, 6) is -1.63. The number of amides is 1. The fraction of sp³-hybridized carbons (Fsp3) is 0.381. The molecule has 0 spiro atoms. The van der Waals surface area contributed by atoms with Gasteiger partial charge in [0, 0.05) is 29.6 Å². The van der Waals surface area contributed by atoms with Crippen LogP contribution in [0, 0.1) is 5.82 Å². The fourth-order valence-corrected chi connectivity index (χ4v) is 5.32. The van der Waals surface area contributed by atoms with Gasteiger partial charge in [-0.1, -0.05) is 40.2 Å². The highest BCUT2D eigenvalue weighted by Gasteiger charge is 2.35. The Hall–Kier alpha value is -1.77. The molecule has 5 nitrogen and oxygen atoms in total. The monoisotopic (exact) mass is 483 g/mol. The van der Waals surface area contributed by atoms with Gasteiger partial charge in [0.25, 0.3) is 0 Å². The minimum atomic E-state index is -3.60. The number of hydrogen-bond donors (Lipinski definition) is 1. The molecule has 0 radical (unpaired) electrons. The molecule has 156 valence electrons. The summed E-state index contributed by atoms with van der Waals surface area (Å²) in [6.07, 6.45) is 1.34. The minimum absolute atomic E-state index is 0.198. The van der Waals surface area contributed by atoms with E-state index < -0.39 is 26.9 Å². The molecule has 8 heteroatoms. The second-order valence-corrected chi connectivity index (χ2v) is 10.3. The van der Waals surface area contributed by atoms with Gasteiger partial charge >= 0.3 is 0 Å². The molecule has 1 N–H and O–H groups in total. The van der Waals surface area contributed by atoms with Crippen LogP contribution in [0.25, 0.3) is 0 Å². The molecule has 1 heterocycles. The topological polar surface area (TPSA) is 72.5 Å². The lowest BCUT2D eigenvalue weighted by Crippen LogP contribution is -2.45.